The average molecular weight is 569 g/mol. The second kappa shape index (κ2) is 13.9. The van der Waals surface area contributed by atoms with Crippen molar-refractivity contribution in [2.24, 2.45) is 11.8 Å². The molecule has 2 fully saturated rings. The Kier molecular flexibility index (Phi) is 11.3. The van der Waals surface area contributed by atoms with Crippen LogP contribution in [0.5, 0.6) is 0 Å². The number of hydrogen-bond donors (Lipinski definition) is 3. The van der Waals surface area contributed by atoms with Crippen LogP contribution >= 0.6 is 0 Å². The van der Waals surface area contributed by atoms with E-state index in [1.807, 2.05) is 24.3 Å². The van der Waals surface area contributed by atoms with Crippen LogP contribution in [-0.2, 0) is 32.2 Å². The van der Waals surface area contributed by atoms with E-state index in [1.165, 1.54) is 0 Å². The summed E-state index contributed by atoms with van der Waals surface area (Å²) < 4.78 is 74.5. The van der Waals surface area contributed by atoms with E-state index in [1.54, 1.807) is 18.7 Å². The molecule has 216 valence electrons. The van der Waals surface area contributed by atoms with Crippen molar-refractivity contribution >= 4 is 17.8 Å². The van der Waals surface area contributed by atoms with Crippen molar-refractivity contribution in [2.45, 2.75) is 38.0 Å². The summed E-state index contributed by atoms with van der Waals surface area (Å²) >= 11 is 0. The summed E-state index contributed by atoms with van der Waals surface area (Å²) in [4.78, 5) is 37.2. The molecule has 10 nitrogen and oxygen atoms in total. The van der Waals surface area contributed by atoms with Gasteiger partial charge < -0.3 is 24.7 Å². The number of nitrogens with zero attached hydrogens (tertiary/aromatic N) is 2. The molecule has 39 heavy (non-hydrogen) atoms. The van der Waals surface area contributed by atoms with Crippen LogP contribution in [-0.4, -0.2) is 76.1 Å². The maximum Gasteiger partial charge on any atom is 0.490 e. The van der Waals surface area contributed by atoms with Gasteiger partial charge in [-0.15, -0.1) is 0 Å². The van der Waals surface area contributed by atoms with Crippen molar-refractivity contribution in [2.75, 3.05) is 19.7 Å². The fourth-order valence-corrected chi connectivity index (χ4v) is 3.91. The Bertz CT molecular complexity index is 1040. The van der Waals surface area contributed by atoms with Crippen molar-refractivity contribution in [3.63, 3.8) is 0 Å². The predicted octanol–water partition coefficient (Wildman–Crippen LogP) is 3.09. The molecule has 3 N–H and O–H groups in total. The Morgan fingerprint density at radius 2 is 1.67 bits per heavy atom. The fraction of sp³-hybridized carbons (Fsp3) is 0.478. The molecular formula is C23H25F6N3O7. The third-order valence-electron chi connectivity index (χ3n) is 5.65. The first-order valence-electron chi connectivity index (χ1n) is 11.3. The zero-order valence-electron chi connectivity index (χ0n) is 20.1. The van der Waals surface area contributed by atoms with Crippen molar-refractivity contribution in [1.82, 2.24) is 15.2 Å². The number of furan rings is 1. The van der Waals surface area contributed by atoms with Crippen LogP contribution in [0, 0.1) is 11.8 Å². The zero-order valence-corrected chi connectivity index (χ0v) is 20.1. The minimum absolute atomic E-state index is 0.0446. The molecule has 0 bridgehead atoms. The van der Waals surface area contributed by atoms with E-state index in [0.717, 1.165) is 43.9 Å². The summed E-state index contributed by atoms with van der Waals surface area (Å²) in [6.07, 6.45) is -3.86. The van der Waals surface area contributed by atoms with E-state index in [2.05, 4.69) is 15.2 Å². The Balaban J connectivity index is 0.000000317. The zero-order chi connectivity index (χ0) is 29.2. The molecule has 0 unspecified atom stereocenters. The lowest BCUT2D eigenvalue weighted by Gasteiger charge is -2.39. The number of nitrogens with one attached hydrogen (secondary N) is 1. The maximum absolute atomic E-state index is 12.8. The molecular weight excluding hydrogens is 544 g/mol. The van der Waals surface area contributed by atoms with Gasteiger partial charge in [0.2, 0.25) is 5.91 Å². The number of halogens is 6. The summed E-state index contributed by atoms with van der Waals surface area (Å²) in [5.41, 5.74) is 2.00. The van der Waals surface area contributed by atoms with Crippen LogP contribution < -0.4 is 5.32 Å². The molecule has 4 rings (SSSR count). The van der Waals surface area contributed by atoms with E-state index in [0.29, 0.717) is 12.5 Å². The lowest BCUT2D eigenvalue weighted by molar-refractivity contribution is -0.193. The Morgan fingerprint density at radius 3 is 2.18 bits per heavy atom. The number of ether oxygens (including phenoxy) is 1. The number of rotatable bonds is 5. The molecule has 2 aliphatic heterocycles. The highest BCUT2D eigenvalue weighted by atomic mass is 19.4. The normalized spacial score (nSPS) is 20.9. The summed E-state index contributed by atoms with van der Waals surface area (Å²) in [7, 11) is 0. The van der Waals surface area contributed by atoms with Gasteiger partial charge in [0.25, 0.3) is 0 Å². The number of aromatic nitrogens is 1. The van der Waals surface area contributed by atoms with Gasteiger partial charge in [0.1, 0.15) is 0 Å². The molecule has 0 aliphatic carbocycles. The highest BCUT2D eigenvalue weighted by molar-refractivity contribution is 5.79. The van der Waals surface area contributed by atoms with Crippen LogP contribution in [0.1, 0.15) is 17.7 Å². The van der Waals surface area contributed by atoms with Crippen LogP contribution in [0.2, 0.25) is 0 Å². The van der Waals surface area contributed by atoms with E-state index in [9.17, 15) is 31.1 Å². The van der Waals surface area contributed by atoms with Crippen LogP contribution in [0.15, 0.2) is 47.4 Å². The lowest BCUT2D eigenvalue weighted by atomic mass is 9.82. The number of fused-ring (bicyclic) bond motifs is 1. The van der Waals surface area contributed by atoms with Gasteiger partial charge in [0, 0.05) is 43.9 Å². The minimum atomic E-state index is -5.08. The van der Waals surface area contributed by atoms with Gasteiger partial charge in [-0.1, -0.05) is 6.07 Å². The van der Waals surface area contributed by atoms with Crippen molar-refractivity contribution in [3.8, 4) is 0 Å². The number of carbonyl (C=O) groups excluding carboxylic acids is 1. The van der Waals surface area contributed by atoms with Gasteiger partial charge in [0.05, 0.1) is 36.8 Å². The largest absolute Gasteiger partial charge is 0.490 e. The number of amides is 1. The van der Waals surface area contributed by atoms with Gasteiger partial charge in [-0.05, 0) is 24.6 Å². The number of alkyl halides is 6. The smallest absolute Gasteiger partial charge is 0.475 e. The van der Waals surface area contributed by atoms with Crippen molar-refractivity contribution in [3.05, 3.63) is 54.2 Å². The minimum Gasteiger partial charge on any atom is -0.475 e. The standard InChI is InChI=1S/C19H23N3O3.2C2HF3O2/c23-19(21-9-15-3-1-2-6-20-15)17-11-22(10-14-4-7-24-13-14)12-18-16(17)5-8-25-18;2*3-2(4,5)1(6)7/h1-4,6-7,13,16-18H,5,8-12H2,(H,21,23);2*(H,6,7)/t16-,17+,18+;;/m0../s1. The number of likely N-dealkylation sites (tertiary alicyclic amines) is 1. The number of carbonyl (C=O) groups is 3. The monoisotopic (exact) mass is 569 g/mol. The van der Waals surface area contributed by atoms with Crippen molar-refractivity contribution < 1.29 is 60.1 Å². The Labute approximate surface area is 217 Å². The summed E-state index contributed by atoms with van der Waals surface area (Å²) in [5, 5.41) is 17.3. The molecule has 0 radical (unpaired) electrons. The highest BCUT2D eigenvalue weighted by Gasteiger charge is 2.44. The number of carboxylic acids is 2. The molecule has 2 aliphatic rings. The first kappa shape index (κ1) is 31.6. The van der Waals surface area contributed by atoms with Gasteiger partial charge in [-0.3, -0.25) is 14.7 Å². The first-order valence-corrected chi connectivity index (χ1v) is 11.3. The lowest BCUT2D eigenvalue weighted by Crippen LogP contribution is -2.52. The molecule has 16 heteroatoms. The molecule has 3 atom stereocenters. The third-order valence-corrected chi connectivity index (χ3v) is 5.65. The predicted molar refractivity (Wildman–Crippen MR) is 119 cm³/mol. The van der Waals surface area contributed by atoms with E-state index in [-0.39, 0.29) is 17.9 Å². The molecule has 0 spiro atoms. The van der Waals surface area contributed by atoms with E-state index < -0.39 is 24.3 Å². The average Bonchev–Trinajstić information content (AvgIpc) is 3.54. The van der Waals surface area contributed by atoms with Crippen LogP contribution in [0.4, 0.5) is 26.3 Å². The highest BCUT2D eigenvalue weighted by Crippen LogP contribution is 2.34. The second-order valence-corrected chi connectivity index (χ2v) is 8.44. The molecule has 2 saturated heterocycles. The number of pyridine rings is 1. The number of carboxylic acid groups (broad SMARTS) is 2. The third kappa shape index (κ3) is 10.6. The molecule has 2 aromatic heterocycles. The summed E-state index contributed by atoms with van der Waals surface area (Å²) in [6.45, 7) is 3.63. The van der Waals surface area contributed by atoms with Crippen molar-refractivity contribution in [1.29, 1.82) is 0 Å². The number of hydrogen-bond acceptors (Lipinski definition) is 7. The first-order chi connectivity index (χ1) is 18.2. The van der Waals surface area contributed by atoms with E-state index in [4.69, 9.17) is 29.0 Å². The van der Waals surface area contributed by atoms with Crippen LogP contribution in [0.3, 0.4) is 0 Å². The topological polar surface area (TPSA) is 142 Å². The number of piperidine rings is 1. The van der Waals surface area contributed by atoms with Crippen LogP contribution in [0.25, 0.3) is 0 Å². The van der Waals surface area contributed by atoms with Gasteiger partial charge >= 0.3 is 24.3 Å². The molecule has 4 heterocycles. The molecule has 0 saturated carbocycles. The fourth-order valence-electron chi connectivity index (χ4n) is 3.91. The molecule has 1 amide bonds. The SMILES string of the molecule is O=C(NCc1ccccn1)[C@@H]1CN(Cc2ccoc2)C[C@H]2OCC[C@H]21.O=C(O)C(F)(F)F.O=C(O)C(F)(F)F. The van der Waals surface area contributed by atoms with Gasteiger partial charge in [0.15, 0.2) is 0 Å². The molecule has 0 aromatic carbocycles. The quantitative estimate of drug-likeness (QED) is 0.463. The Hall–Kier alpha value is -3.66. The summed E-state index contributed by atoms with van der Waals surface area (Å²) in [5.74, 6) is -5.15. The number of aliphatic carboxylic acids is 2. The maximum atomic E-state index is 12.8. The molecule has 2 aromatic rings. The second-order valence-electron chi connectivity index (χ2n) is 8.44. The van der Waals surface area contributed by atoms with E-state index >= 15 is 0 Å². The summed E-state index contributed by atoms with van der Waals surface area (Å²) in [6, 6.07) is 7.70. The van der Waals surface area contributed by atoms with Gasteiger partial charge in [-0.25, -0.2) is 9.59 Å². The Morgan fingerprint density at radius 1 is 1.03 bits per heavy atom. The van der Waals surface area contributed by atoms with Gasteiger partial charge in [-0.2, -0.15) is 26.3 Å².